The summed E-state index contributed by atoms with van der Waals surface area (Å²) in [5.41, 5.74) is 7.85. The number of halogens is 1. The van der Waals surface area contributed by atoms with Crippen LogP contribution in [0.25, 0.3) is 10.9 Å². The van der Waals surface area contributed by atoms with Gasteiger partial charge >= 0.3 is 0 Å². The molecule has 3 heteroatoms. The van der Waals surface area contributed by atoms with Gasteiger partial charge in [-0.05, 0) is 44.0 Å². The second kappa shape index (κ2) is 3.07. The molecule has 0 aliphatic carbocycles. The van der Waals surface area contributed by atoms with Crippen molar-refractivity contribution in [3.63, 3.8) is 0 Å². The van der Waals surface area contributed by atoms with Crippen LogP contribution in [0.15, 0.2) is 18.3 Å². The molecule has 80 valence electrons. The van der Waals surface area contributed by atoms with Crippen LogP contribution in [0.1, 0.15) is 25.0 Å². The van der Waals surface area contributed by atoms with Crippen LogP contribution in [0.2, 0.25) is 0 Å². The standard InChI is InChI=1S/C12H15FN2/c1-7-6-15-11-9(7)4-8(5-10(11)13)12(2,3)14/h4-6,15H,14H2,1-3H3. The number of nitrogens with two attached hydrogens (primary N) is 1. The highest BCUT2D eigenvalue weighted by Crippen LogP contribution is 2.26. The summed E-state index contributed by atoms with van der Waals surface area (Å²) in [6, 6.07) is 3.45. The molecule has 0 atom stereocenters. The fourth-order valence-corrected chi connectivity index (χ4v) is 1.69. The van der Waals surface area contributed by atoms with Crippen LogP contribution in [0.5, 0.6) is 0 Å². The van der Waals surface area contributed by atoms with Crippen LogP contribution < -0.4 is 5.73 Å². The lowest BCUT2D eigenvalue weighted by Gasteiger charge is -2.19. The fraction of sp³-hybridized carbons (Fsp3) is 0.333. The molecule has 0 bridgehead atoms. The minimum Gasteiger partial charge on any atom is -0.359 e. The molecule has 0 aliphatic rings. The van der Waals surface area contributed by atoms with Gasteiger partial charge in [0.25, 0.3) is 0 Å². The van der Waals surface area contributed by atoms with Crippen molar-refractivity contribution < 1.29 is 4.39 Å². The Labute approximate surface area is 88.3 Å². The van der Waals surface area contributed by atoms with Gasteiger partial charge in [-0.3, -0.25) is 0 Å². The molecule has 0 saturated heterocycles. The van der Waals surface area contributed by atoms with Crippen LogP contribution in [0.3, 0.4) is 0 Å². The molecule has 1 aromatic heterocycles. The topological polar surface area (TPSA) is 41.8 Å². The molecule has 2 aromatic rings. The lowest BCUT2D eigenvalue weighted by Crippen LogP contribution is -2.28. The van der Waals surface area contributed by atoms with Crippen molar-refractivity contribution in [2.75, 3.05) is 0 Å². The summed E-state index contributed by atoms with van der Waals surface area (Å²) < 4.78 is 13.7. The normalized spacial score (nSPS) is 12.3. The minimum atomic E-state index is -0.515. The number of nitrogens with one attached hydrogen (secondary N) is 1. The third kappa shape index (κ3) is 1.63. The first kappa shape index (κ1) is 10.2. The van der Waals surface area contributed by atoms with Gasteiger partial charge in [0.15, 0.2) is 0 Å². The Bertz CT molecular complexity index is 506. The summed E-state index contributed by atoms with van der Waals surface area (Å²) in [6.07, 6.45) is 1.81. The lowest BCUT2D eigenvalue weighted by atomic mass is 9.94. The monoisotopic (exact) mass is 206 g/mol. The SMILES string of the molecule is Cc1c[nH]c2c(F)cc(C(C)(C)N)cc12. The highest BCUT2D eigenvalue weighted by atomic mass is 19.1. The number of aromatic amines is 1. The Morgan fingerprint density at radius 2 is 2.00 bits per heavy atom. The van der Waals surface area contributed by atoms with E-state index in [1.54, 1.807) is 6.20 Å². The zero-order valence-corrected chi connectivity index (χ0v) is 9.19. The Balaban J connectivity index is 2.76. The van der Waals surface area contributed by atoms with E-state index in [9.17, 15) is 4.39 Å². The summed E-state index contributed by atoms with van der Waals surface area (Å²) >= 11 is 0. The van der Waals surface area contributed by atoms with E-state index in [1.165, 1.54) is 6.07 Å². The predicted molar refractivity (Wildman–Crippen MR) is 60.2 cm³/mol. The summed E-state index contributed by atoms with van der Waals surface area (Å²) in [5, 5.41) is 0.906. The quantitative estimate of drug-likeness (QED) is 0.740. The molecule has 2 rings (SSSR count). The van der Waals surface area contributed by atoms with Crippen molar-refractivity contribution in [1.82, 2.24) is 4.98 Å². The molecule has 3 N–H and O–H groups in total. The minimum absolute atomic E-state index is 0.242. The smallest absolute Gasteiger partial charge is 0.147 e. The number of hydrogen-bond donors (Lipinski definition) is 2. The molecule has 0 aliphatic heterocycles. The Hall–Kier alpha value is -1.35. The highest BCUT2D eigenvalue weighted by molar-refractivity contribution is 5.84. The number of H-pyrrole nitrogens is 1. The Morgan fingerprint density at radius 3 is 2.60 bits per heavy atom. The molecule has 1 heterocycles. The summed E-state index contributed by atoms with van der Waals surface area (Å²) in [7, 11) is 0. The Morgan fingerprint density at radius 1 is 1.33 bits per heavy atom. The van der Waals surface area contributed by atoms with Crippen molar-refractivity contribution in [3.8, 4) is 0 Å². The fourth-order valence-electron chi connectivity index (χ4n) is 1.69. The molecule has 15 heavy (non-hydrogen) atoms. The van der Waals surface area contributed by atoms with Gasteiger partial charge in [0.1, 0.15) is 5.82 Å². The van der Waals surface area contributed by atoms with Crippen molar-refractivity contribution >= 4 is 10.9 Å². The van der Waals surface area contributed by atoms with Crippen LogP contribution in [-0.2, 0) is 5.54 Å². The first-order chi connectivity index (χ1) is 6.89. The number of rotatable bonds is 1. The first-order valence-corrected chi connectivity index (χ1v) is 4.96. The van der Waals surface area contributed by atoms with Crippen LogP contribution >= 0.6 is 0 Å². The molecule has 0 fully saturated rings. The summed E-state index contributed by atoms with van der Waals surface area (Å²) in [4.78, 5) is 2.92. The first-order valence-electron chi connectivity index (χ1n) is 4.96. The van der Waals surface area contributed by atoms with E-state index >= 15 is 0 Å². The van der Waals surface area contributed by atoms with Gasteiger partial charge < -0.3 is 10.7 Å². The summed E-state index contributed by atoms with van der Waals surface area (Å²) in [6.45, 7) is 5.69. The summed E-state index contributed by atoms with van der Waals surface area (Å²) in [5.74, 6) is -0.242. The average Bonchev–Trinajstić information content (AvgIpc) is 2.47. The zero-order chi connectivity index (χ0) is 11.2. The van der Waals surface area contributed by atoms with E-state index in [4.69, 9.17) is 5.73 Å². The van der Waals surface area contributed by atoms with Gasteiger partial charge in [-0.2, -0.15) is 0 Å². The maximum absolute atomic E-state index is 13.7. The number of benzene rings is 1. The number of aryl methyl sites for hydroxylation is 1. The third-order valence-electron chi connectivity index (χ3n) is 2.69. The van der Waals surface area contributed by atoms with E-state index < -0.39 is 5.54 Å². The Kier molecular flexibility index (Phi) is 2.08. The molecule has 0 saturated carbocycles. The van der Waals surface area contributed by atoms with Crippen molar-refractivity contribution in [1.29, 1.82) is 0 Å². The van der Waals surface area contributed by atoms with Crippen LogP contribution in [0, 0.1) is 12.7 Å². The van der Waals surface area contributed by atoms with Crippen molar-refractivity contribution in [3.05, 3.63) is 35.3 Å². The second-order valence-corrected chi connectivity index (χ2v) is 4.57. The molecule has 0 amide bonds. The van der Waals surface area contributed by atoms with Crippen molar-refractivity contribution in [2.24, 2.45) is 5.73 Å². The molecule has 0 spiro atoms. The molecular weight excluding hydrogens is 191 g/mol. The van der Waals surface area contributed by atoms with Gasteiger partial charge in [-0.25, -0.2) is 4.39 Å². The maximum Gasteiger partial charge on any atom is 0.147 e. The molecule has 1 aromatic carbocycles. The van der Waals surface area contributed by atoms with E-state index in [2.05, 4.69) is 4.98 Å². The maximum atomic E-state index is 13.7. The van der Waals surface area contributed by atoms with Gasteiger partial charge in [-0.15, -0.1) is 0 Å². The highest BCUT2D eigenvalue weighted by Gasteiger charge is 2.17. The number of aromatic nitrogens is 1. The van der Waals surface area contributed by atoms with E-state index in [-0.39, 0.29) is 5.82 Å². The van der Waals surface area contributed by atoms with Crippen molar-refractivity contribution in [2.45, 2.75) is 26.3 Å². The molecule has 0 radical (unpaired) electrons. The van der Waals surface area contributed by atoms with E-state index in [0.29, 0.717) is 5.52 Å². The number of hydrogen-bond acceptors (Lipinski definition) is 1. The molecule has 2 nitrogen and oxygen atoms in total. The zero-order valence-electron chi connectivity index (χ0n) is 9.19. The third-order valence-corrected chi connectivity index (χ3v) is 2.69. The van der Waals surface area contributed by atoms with Gasteiger partial charge in [0, 0.05) is 17.1 Å². The van der Waals surface area contributed by atoms with Gasteiger partial charge in [0.2, 0.25) is 0 Å². The van der Waals surface area contributed by atoms with E-state index in [0.717, 1.165) is 16.5 Å². The largest absolute Gasteiger partial charge is 0.359 e. The van der Waals surface area contributed by atoms with E-state index in [1.807, 2.05) is 26.8 Å². The predicted octanol–water partition coefficient (Wildman–Crippen LogP) is 2.81. The number of fused-ring (bicyclic) bond motifs is 1. The average molecular weight is 206 g/mol. The van der Waals surface area contributed by atoms with Gasteiger partial charge in [-0.1, -0.05) is 0 Å². The second-order valence-electron chi connectivity index (χ2n) is 4.57. The van der Waals surface area contributed by atoms with Crippen LogP contribution in [-0.4, -0.2) is 4.98 Å². The lowest BCUT2D eigenvalue weighted by molar-refractivity contribution is 0.546. The van der Waals surface area contributed by atoms with Gasteiger partial charge in [0.05, 0.1) is 5.52 Å². The molecule has 0 unspecified atom stereocenters. The molecular formula is C12H15FN2. The van der Waals surface area contributed by atoms with Crippen LogP contribution in [0.4, 0.5) is 4.39 Å².